The SMILES string of the molecule is CC(C)=CC[C@@H](O)C1=CC(=O)c2c(O)ccc(O)c2C1=O.O. The number of phenols is 2. The van der Waals surface area contributed by atoms with E-state index in [9.17, 15) is 24.9 Å². The van der Waals surface area contributed by atoms with Crippen molar-refractivity contribution in [2.45, 2.75) is 26.4 Å². The molecule has 0 amide bonds. The van der Waals surface area contributed by atoms with Crippen molar-refractivity contribution >= 4 is 11.6 Å². The molecular weight excluding hydrogens is 288 g/mol. The minimum absolute atomic E-state index is 0. The molecule has 2 rings (SSSR count). The monoisotopic (exact) mass is 306 g/mol. The Morgan fingerprint density at radius 3 is 2.23 bits per heavy atom. The fourth-order valence-electron chi connectivity index (χ4n) is 2.21. The van der Waals surface area contributed by atoms with Gasteiger partial charge in [0.2, 0.25) is 0 Å². The van der Waals surface area contributed by atoms with Gasteiger partial charge >= 0.3 is 0 Å². The number of phenolic OH excluding ortho intramolecular Hbond substituents is 2. The number of benzene rings is 1. The first-order valence-electron chi connectivity index (χ1n) is 6.50. The fourth-order valence-corrected chi connectivity index (χ4v) is 2.21. The molecule has 0 saturated carbocycles. The molecular formula is C16H18O6. The maximum absolute atomic E-state index is 12.3. The highest BCUT2D eigenvalue weighted by Crippen LogP contribution is 2.35. The molecule has 1 aliphatic rings. The van der Waals surface area contributed by atoms with Crippen molar-refractivity contribution in [1.29, 1.82) is 0 Å². The van der Waals surface area contributed by atoms with Gasteiger partial charge in [0.15, 0.2) is 11.6 Å². The first-order chi connectivity index (χ1) is 9.82. The maximum atomic E-state index is 12.3. The summed E-state index contributed by atoms with van der Waals surface area (Å²) in [6, 6.07) is 2.29. The molecule has 118 valence electrons. The van der Waals surface area contributed by atoms with Crippen LogP contribution >= 0.6 is 0 Å². The zero-order chi connectivity index (χ0) is 15.7. The third-order valence-electron chi connectivity index (χ3n) is 3.29. The second kappa shape index (κ2) is 6.55. The molecule has 1 aromatic carbocycles. The van der Waals surface area contributed by atoms with E-state index in [-0.39, 0.29) is 40.1 Å². The molecule has 0 fully saturated rings. The number of Topliss-reactive ketones (excluding diaryl/α,β-unsaturated/α-hetero) is 1. The number of aliphatic hydroxyl groups excluding tert-OH is 1. The van der Waals surface area contributed by atoms with Crippen LogP contribution in [-0.4, -0.2) is 38.5 Å². The number of rotatable bonds is 3. The number of carbonyl (C=O) groups excluding carboxylic acids is 2. The van der Waals surface area contributed by atoms with Crippen molar-refractivity contribution < 1.29 is 30.4 Å². The van der Waals surface area contributed by atoms with Crippen LogP contribution in [0.4, 0.5) is 0 Å². The predicted molar refractivity (Wildman–Crippen MR) is 80.2 cm³/mol. The summed E-state index contributed by atoms with van der Waals surface area (Å²) in [4.78, 5) is 24.4. The van der Waals surface area contributed by atoms with Gasteiger partial charge in [-0.3, -0.25) is 9.59 Å². The lowest BCUT2D eigenvalue weighted by atomic mass is 9.85. The van der Waals surface area contributed by atoms with Gasteiger partial charge in [0, 0.05) is 5.57 Å². The molecule has 0 radical (unpaired) electrons. The van der Waals surface area contributed by atoms with Gasteiger partial charge in [0.25, 0.3) is 0 Å². The molecule has 0 heterocycles. The molecule has 6 nitrogen and oxygen atoms in total. The number of ketones is 2. The van der Waals surface area contributed by atoms with E-state index in [0.29, 0.717) is 0 Å². The molecule has 0 aliphatic heterocycles. The van der Waals surface area contributed by atoms with E-state index in [1.54, 1.807) is 6.08 Å². The van der Waals surface area contributed by atoms with Crippen LogP contribution in [0.25, 0.3) is 0 Å². The minimum Gasteiger partial charge on any atom is -0.507 e. The van der Waals surface area contributed by atoms with Gasteiger partial charge in [-0.05, 0) is 38.5 Å². The van der Waals surface area contributed by atoms with Crippen LogP contribution < -0.4 is 0 Å². The zero-order valence-corrected chi connectivity index (χ0v) is 12.3. The Hall–Kier alpha value is -2.44. The van der Waals surface area contributed by atoms with Crippen molar-refractivity contribution in [1.82, 2.24) is 0 Å². The third kappa shape index (κ3) is 3.08. The van der Waals surface area contributed by atoms with E-state index in [0.717, 1.165) is 23.8 Å². The molecule has 0 bridgehead atoms. The number of carbonyl (C=O) groups is 2. The Balaban J connectivity index is 0.00000242. The summed E-state index contributed by atoms with van der Waals surface area (Å²) in [6.07, 6.45) is 1.84. The Labute approximate surface area is 127 Å². The highest BCUT2D eigenvalue weighted by molar-refractivity contribution is 6.26. The van der Waals surface area contributed by atoms with E-state index in [1.807, 2.05) is 13.8 Å². The third-order valence-corrected chi connectivity index (χ3v) is 3.29. The van der Waals surface area contributed by atoms with Crippen LogP contribution in [0.5, 0.6) is 11.5 Å². The Morgan fingerprint density at radius 1 is 1.14 bits per heavy atom. The van der Waals surface area contributed by atoms with Crippen LogP contribution in [0.15, 0.2) is 35.4 Å². The summed E-state index contributed by atoms with van der Waals surface area (Å²) in [5.41, 5.74) is 0.419. The van der Waals surface area contributed by atoms with Gasteiger partial charge in [-0.15, -0.1) is 0 Å². The largest absolute Gasteiger partial charge is 0.507 e. The number of fused-ring (bicyclic) bond motifs is 1. The van der Waals surface area contributed by atoms with Crippen molar-refractivity contribution in [3.63, 3.8) is 0 Å². The molecule has 0 unspecified atom stereocenters. The van der Waals surface area contributed by atoms with Gasteiger partial charge in [0.05, 0.1) is 17.2 Å². The molecule has 1 atom stereocenters. The van der Waals surface area contributed by atoms with Crippen molar-refractivity contribution in [3.05, 3.63) is 46.6 Å². The summed E-state index contributed by atoms with van der Waals surface area (Å²) in [7, 11) is 0. The van der Waals surface area contributed by atoms with E-state index >= 15 is 0 Å². The summed E-state index contributed by atoms with van der Waals surface area (Å²) >= 11 is 0. The van der Waals surface area contributed by atoms with Crippen LogP contribution in [0.2, 0.25) is 0 Å². The minimum atomic E-state index is -1.13. The number of hydrogen-bond acceptors (Lipinski definition) is 5. The average Bonchev–Trinajstić information content (AvgIpc) is 2.42. The second-order valence-electron chi connectivity index (χ2n) is 5.18. The van der Waals surface area contributed by atoms with Crippen molar-refractivity contribution in [2.75, 3.05) is 0 Å². The number of allylic oxidation sites excluding steroid dienone is 2. The molecule has 22 heavy (non-hydrogen) atoms. The van der Waals surface area contributed by atoms with E-state index in [4.69, 9.17) is 0 Å². The molecule has 6 heteroatoms. The van der Waals surface area contributed by atoms with E-state index in [1.165, 1.54) is 0 Å². The summed E-state index contributed by atoms with van der Waals surface area (Å²) < 4.78 is 0. The van der Waals surface area contributed by atoms with Crippen LogP contribution in [0.3, 0.4) is 0 Å². The van der Waals surface area contributed by atoms with E-state index in [2.05, 4.69) is 0 Å². The lowest BCUT2D eigenvalue weighted by Crippen LogP contribution is -2.25. The zero-order valence-electron chi connectivity index (χ0n) is 12.3. The molecule has 1 aromatic rings. The lowest BCUT2D eigenvalue weighted by molar-refractivity contribution is 0.0943. The highest BCUT2D eigenvalue weighted by atomic mass is 16.3. The topological polar surface area (TPSA) is 126 Å². The average molecular weight is 306 g/mol. The molecule has 0 spiro atoms. The molecule has 1 aliphatic carbocycles. The van der Waals surface area contributed by atoms with Crippen LogP contribution in [0.1, 0.15) is 41.0 Å². The normalized spacial score (nSPS) is 14.6. The Morgan fingerprint density at radius 2 is 1.68 bits per heavy atom. The lowest BCUT2D eigenvalue weighted by Gasteiger charge is -2.20. The van der Waals surface area contributed by atoms with Gasteiger partial charge in [-0.25, -0.2) is 0 Å². The standard InChI is InChI=1S/C16H16O5.H2O/c1-8(2)3-4-10(17)9-7-13(20)14-11(18)5-6-12(19)15(14)16(9)21;/h3,5-7,10,17-19H,4H2,1-2H3;1H2/t10-;/m1./s1. The quantitative estimate of drug-likeness (QED) is 0.573. The summed E-state index contributed by atoms with van der Waals surface area (Å²) in [5.74, 6) is -2.01. The van der Waals surface area contributed by atoms with E-state index < -0.39 is 17.7 Å². The molecule has 0 aromatic heterocycles. The Bertz CT molecular complexity index is 680. The fraction of sp³-hybridized carbons (Fsp3) is 0.250. The summed E-state index contributed by atoms with van der Waals surface area (Å²) in [6.45, 7) is 3.71. The van der Waals surface area contributed by atoms with Gasteiger partial charge < -0.3 is 20.8 Å². The predicted octanol–water partition coefficient (Wildman–Crippen LogP) is 1.30. The number of aliphatic hydroxyl groups is 1. The summed E-state index contributed by atoms with van der Waals surface area (Å²) in [5, 5.41) is 29.5. The van der Waals surface area contributed by atoms with Crippen molar-refractivity contribution in [3.8, 4) is 11.5 Å². The second-order valence-corrected chi connectivity index (χ2v) is 5.18. The molecule has 0 saturated heterocycles. The van der Waals surface area contributed by atoms with Crippen LogP contribution in [-0.2, 0) is 0 Å². The van der Waals surface area contributed by atoms with Crippen LogP contribution in [0, 0.1) is 0 Å². The van der Waals surface area contributed by atoms with Gasteiger partial charge in [0.1, 0.15) is 11.5 Å². The number of hydrogen-bond donors (Lipinski definition) is 3. The van der Waals surface area contributed by atoms with Gasteiger partial charge in [-0.2, -0.15) is 0 Å². The highest BCUT2D eigenvalue weighted by Gasteiger charge is 2.33. The van der Waals surface area contributed by atoms with Crippen molar-refractivity contribution in [2.24, 2.45) is 0 Å². The first-order valence-corrected chi connectivity index (χ1v) is 6.50. The number of aromatic hydroxyl groups is 2. The van der Waals surface area contributed by atoms with Gasteiger partial charge in [-0.1, -0.05) is 11.6 Å². The Kier molecular flexibility index (Phi) is 5.24. The first kappa shape index (κ1) is 17.6. The molecule has 5 N–H and O–H groups in total. The smallest absolute Gasteiger partial charge is 0.196 e. The maximum Gasteiger partial charge on any atom is 0.196 e.